The zero-order valence-corrected chi connectivity index (χ0v) is 16.4. The first-order chi connectivity index (χ1) is 11.1. The summed E-state index contributed by atoms with van der Waals surface area (Å²) >= 11 is -1.56. The first-order valence-electron chi connectivity index (χ1n) is 8.23. The number of rotatable bonds is 2. The van der Waals surface area contributed by atoms with E-state index in [1.807, 2.05) is 0 Å². The second-order valence-electron chi connectivity index (χ2n) is 6.84. The van der Waals surface area contributed by atoms with Crippen molar-refractivity contribution in [2.45, 2.75) is 21.6 Å². The van der Waals surface area contributed by atoms with Crippen molar-refractivity contribution in [3.05, 3.63) is 82.7 Å². The molecule has 1 aliphatic rings. The molecule has 0 fully saturated rings. The first kappa shape index (κ1) is 15.1. The van der Waals surface area contributed by atoms with Crippen molar-refractivity contribution in [3.8, 4) is 0 Å². The number of hydrogen-bond donors (Lipinski definition) is 0. The zero-order valence-electron chi connectivity index (χ0n) is 13.9. The van der Waals surface area contributed by atoms with E-state index in [4.69, 9.17) is 0 Å². The molecule has 0 heterocycles. The second-order valence-corrected chi connectivity index (χ2v) is 13.0. The Balaban J connectivity index is 2.10. The standard InChI is InChI=1S/C20H15.2CH3.Zr/c1-20(13-16-8-2-3-9-17(16)14-20)19-12-6-10-15-7-4-5-11-18(15)19;;;/h2-13H,1H3;2*1H3;. The third-order valence-corrected chi connectivity index (χ3v) is 9.44. The summed E-state index contributed by atoms with van der Waals surface area (Å²) in [4.78, 5) is 0. The fraction of sp³-hybridized carbons (Fsp3) is 0.182. The average molecular weight is 377 g/mol. The Morgan fingerprint density at radius 1 is 0.783 bits per heavy atom. The van der Waals surface area contributed by atoms with E-state index in [0.717, 1.165) is 0 Å². The second kappa shape index (κ2) is 5.57. The molecule has 0 radical (unpaired) electrons. The van der Waals surface area contributed by atoms with Crippen molar-refractivity contribution in [1.29, 1.82) is 0 Å². The molecule has 1 unspecified atom stereocenters. The Hall–Kier alpha value is -1.46. The molecule has 0 amide bonds. The molecule has 1 heteroatoms. The van der Waals surface area contributed by atoms with Gasteiger partial charge in [0.15, 0.2) is 0 Å². The maximum atomic E-state index is 2.51. The molecule has 0 saturated carbocycles. The van der Waals surface area contributed by atoms with Crippen LogP contribution in [0.2, 0.25) is 9.26 Å². The van der Waals surface area contributed by atoms with Crippen LogP contribution in [-0.2, 0) is 27.2 Å². The van der Waals surface area contributed by atoms with Crippen LogP contribution < -0.4 is 10.4 Å². The molecule has 23 heavy (non-hydrogen) atoms. The van der Waals surface area contributed by atoms with Crippen LogP contribution in [0.3, 0.4) is 0 Å². The molecule has 0 aromatic heterocycles. The van der Waals surface area contributed by atoms with Crippen LogP contribution in [0.5, 0.6) is 0 Å². The molecule has 0 saturated heterocycles. The van der Waals surface area contributed by atoms with Crippen molar-refractivity contribution in [1.82, 2.24) is 0 Å². The third kappa shape index (κ3) is 2.29. The average Bonchev–Trinajstić information content (AvgIpc) is 2.87. The van der Waals surface area contributed by atoms with Gasteiger partial charge in [0.1, 0.15) is 0 Å². The molecule has 0 aliphatic heterocycles. The first-order valence-corrected chi connectivity index (χ1v) is 14.4. The van der Waals surface area contributed by atoms with Crippen LogP contribution >= 0.6 is 0 Å². The van der Waals surface area contributed by atoms with E-state index in [9.17, 15) is 0 Å². The van der Waals surface area contributed by atoms with E-state index < -0.39 is 21.8 Å². The van der Waals surface area contributed by atoms with Gasteiger partial charge in [-0.2, -0.15) is 0 Å². The topological polar surface area (TPSA) is 0 Å². The Morgan fingerprint density at radius 3 is 2.30 bits per heavy atom. The van der Waals surface area contributed by atoms with Gasteiger partial charge < -0.3 is 0 Å². The van der Waals surface area contributed by atoms with Crippen LogP contribution in [0.1, 0.15) is 12.5 Å². The predicted molar refractivity (Wildman–Crippen MR) is 96.6 cm³/mol. The van der Waals surface area contributed by atoms with Crippen LogP contribution in [0, 0.1) is 0 Å². The van der Waals surface area contributed by atoms with Gasteiger partial charge in [0.25, 0.3) is 0 Å². The Labute approximate surface area is 145 Å². The minimum absolute atomic E-state index is 0.0445. The van der Waals surface area contributed by atoms with Gasteiger partial charge in [-0.1, -0.05) is 0 Å². The summed E-state index contributed by atoms with van der Waals surface area (Å²) in [5.41, 5.74) is 1.51. The Morgan fingerprint density at radius 2 is 1.48 bits per heavy atom. The van der Waals surface area contributed by atoms with Gasteiger partial charge in [0.05, 0.1) is 0 Å². The Bertz CT molecular complexity index is 1010. The molecule has 1 aliphatic carbocycles. The molecule has 4 rings (SSSR count). The van der Waals surface area contributed by atoms with Crippen LogP contribution in [0.25, 0.3) is 20.1 Å². The minimum atomic E-state index is -1.56. The van der Waals surface area contributed by atoms with E-state index in [1.54, 1.807) is 3.28 Å². The summed E-state index contributed by atoms with van der Waals surface area (Å²) in [6, 6.07) is 24.5. The van der Waals surface area contributed by atoms with Gasteiger partial charge in [0, 0.05) is 0 Å². The van der Waals surface area contributed by atoms with Gasteiger partial charge in [0.2, 0.25) is 0 Å². The monoisotopic (exact) mass is 375 g/mol. The van der Waals surface area contributed by atoms with Crippen LogP contribution in [0.15, 0.2) is 66.7 Å². The molecule has 0 bridgehead atoms. The van der Waals surface area contributed by atoms with Crippen molar-refractivity contribution in [3.63, 3.8) is 0 Å². The summed E-state index contributed by atoms with van der Waals surface area (Å²) in [5, 5.41) is 5.65. The predicted octanol–water partition coefficient (Wildman–Crippen LogP) is 4.41. The normalized spacial score (nSPS) is 19.5. The molecule has 0 nitrogen and oxygen atoms in total. The number of hydrogen-bond acceptors (Lipinski definition) is 0. The quantitative estimate of drug-likeness (QED) is 0.621. The summed E-state index contributed by atoms with van der Waals surface area (Å²) < 4.78 is 6.75. The molecule has 3 aromatic carbocycles. The van der Waals surface area contributed by atoms with E-state index >= 15 is 0 Å². The summed E-state index contributed by atoms with van der Waals surface area (Å²) in [6.45, 7) is 2.43. The van der Waals surface area contributed by atoms with E-state index in [-0.39, 0.29) is 5.41 Å². The maximum absolute atomic E-state index is 2.51. The molecule has 3 aromatic rings. The van der Waals surface area contributed by atoms with Crippen molar-refractivity contribution in [2.75, 3.05) is 0 Å². The van der Waals surface area contributed by atoms with E-state index in [0.29, 0.717) is 0 Å². The zero-order chi connectivity index (χ0) is 16.0. The van der Waals surface area contributed by atoms with Crippen LogP contribution in [-0.4, -0.2) is 0 Å². The number of fused-ring (bicyclic) bond motifs is 2. The molecule has 0 N–H and O–H groups in total. The fourth-order valence-electron chi connectivity index (χ4n) is 4.19. The summed E-state index contributed by atoms with van der Waals surface area (Å²) in [6.07, 6.45) is 2.51. The van der Waals surface area contributed by atoms with Crippen LogP contribution in [0.4, 0.5) is 0 Å². The third-order valence-electron chi connectivity index (χ3n) is 5.04. The molecular formula is C22H21Zr. The van der Waals surface area contributed by atoms with Gasteiger partial charge in [-0.25, -0.2) is 0 Å². The van der Waals surface area contributed by atoms with E-state index in [2.05, 4.69) is 89.0 Å². The summed E-state index contributed by atoms with van der Waals surface area (Å²) in [5.74, 6) is 0. The Kier molecular flexibility index (Phi) is 3.65. The molecular weight excluding hydrogens is 355 g/mol. The van der Waals surface area contributed by atoms with Gasteiger partial charge in [-0.15, -0.1) is 0 Å². The molecule has 0 spiro atoms. The van der Waals surface area contributed by atoms with Gasteiger partial charge in [-0.05, 0) is 0 Å². The van der Waals surface area contributed by atoms with Gasteiger partial charge in [-0.3, -0.25) is 0 Å². The molecule has 1 atom stereocenters. The van der Waals surface area contributed by atoms with E-state index in [1.165, 1.54) is 26.8 Å². The SMILES string of the molecule is [CH3][Zr]([CH3])[C]1=c2ccccc2=CC1(C)c1cccc2ccccc12. The number of benzene rings is 3. The van der Waals surface area contributed by atoms with Crippen molar-refractivity contribution >= 4 is 20.1 Å². The van der Waals surface area contributed by atoms with Crippen molar-refractivity contribution < 1.29 is 21.8 Å². The molecule has 113 valence electrons. The van der Waals surface area contributed by atoms with Crippen molar-refractivity contribution in [2.24, 2.45) is 0 Å². The van der Waals surface area contributed by atoms with Gasteiger partial charge >= 0.3 is 146 Å². The fourth-order valence-corrected chi connectivity index (χ4v) is 9.14. The summed E-state index contributed by atoms with van der Waals surface area (Å²) in [7, 11) is 0.